The molecule has 1 aliphatic rings. The van der Waals surface area contributed by atoms with Gasteiger partial charge in [-0.2, -0.15) is 0 Å². The second-order valence-corrected chi connectivity index (χ2v) is 5.71. The Bertz CT molecular complexity index is 346. The Morgan fingerprint density at radius 2 is 2.40 bits per heavy atom. The second kappa shape index (κ2) is 4.33. The van der Waals surface area contributed by atoms with E-state index < -0.39 is 0 Å². The van der Waals surface area contributed by atoms with Gasteiger partial charge in [-0.1, -0.05) is 11.3 Å². The smallest absolute Gasteiger partial charge is 0.207 e. The zero-order chi connectivity index (χ0) is 10.9. The molecule has 15 heavy (non-hydrogen) atoms. The molecule has 1 atom stereocenters. The van der Waals surface area contributed by atoms with Crippen molar-refractivity contribution in [3.63, 3.8) is 0 Å². The van der Waals surface area contributed by atoms with E-state index >= 15 is 0 Å². The molecule has 4 nitrogen and oxygen atoms in total. The number of hydrogen-bond donors (Lipinski definition) is 0. The summed E-state index contributed by atoms with van der Waals surface area (Å²) < 4.78 is 5.98. The van der Waals surface area contributed by atoms with Gasteiger partial charge in [-0.25, -0.2) is 0 Å². The molecule has 6 heteroatoms. The molecule has 0 amide bonds. The summed E-state index contributed by atoms with van der Waals surface area (Å²) in [6.07, 6.45) is 1.07. The second-order valence-electron chi connectivity index (χ2n) is 4.06. The molecular formula is C9H14ClN3OS. The maximum atomic E-state index is 5.73. The van der Waals surface area contributed by atoms with Gasteiger partial charge >= 0.3 is 0 Å². The Morgan fingerprint density at radius 1 is 1.60 bits per heavy atom. The Balaban J connectivity index is 1.92. The summed E-state index contributed by atoms with van der Waals surface area (Å²) in [6.45, 7) is 4.95. The first-order valence-electron chi connectivity index (χ1n) is 4.87. The third-order valence-corrected chi connectivity index (χ3v) is 3.81. The summed E-state index contributed by atoms with van der Waals surface area (Å²) in [5, 5.41) is 8.77. The maximum absolute atomic E-state index is 5.73. The van der Waals surface area contributed by atoms with Crippen molar-refractivity contribution < 1.29 is 4.74 Å². The number of rotatable bonds is 3. The molecule has 0 aliphatic carbocycles. The van der Waals surface area contributed by atoms with Crippen LogP contribution >= 0.6 is 22.9 Å². The fraction of sp³-hybridized carbons (Fsp3) is 0.778. The third-order valence-electron chi connectivity index (χ3n) is 2.81. The van der Waals surface area contributed by atoms with E-state index in [1.165, 1.54) is 11.3 Å². The summed E-state index contributed by atoms with van der Waals surface area (Å²) in [5.74, 6) is 0. The summed E-state index contributed by atoms with van der Waals surface area (Å²) in [5.41, 5.74) is -0.00547. The highest BCUT2D eigenvalue weighted by atomic mass is 35.5. The van der Waals surface area contributed by atoms with Crippen molar-refractivity contribution in [3.05, 3.63) is 9.47 Å². The van der Waals surface area contributed by atoms with Gasteiger partial charge in [-0.3, -0.25) is 4.90 Å². The van der Waals surface area contributed by atoms with E-state index in [-0.39, 0.29) is 5.60 Å². The van der Waals surface area contributed by atoms with Crippen molar-refractivity contribution in [3.8, 4) is 0 Å². The fourth-order valence-corrected chi connectivity index (χ4v) is 2.73. The van der Waals surface area contributed by atoms with Crippen LogP contribution in [0.5, 0.6) is 0 Å². The van der Waals surface area contributed by atoms with Gasteiger partial charge in [0.2, 0.25) is 4.47 Å². The molecule has 0 N–H and O–H groups in total. The van der Waals surface area contributed by atoms with Crippen LogP contribution in [0.4, 0.5) is 0 Å². The summed E-state index contributed by atoms with van der Waals surface area (Å²) in [6, 6.07) is 0. The van der Waals surface area contributed by atoms with Gasteiger partial charge in [0.25, 0.3) is 0 Å². The van der Waals surface area contributed by atoms with Crippen molar-refractivity contribution in [2.45, 2.75) is 25.5 Å². The molecule has 0 aromatic carbocycles. The van der Waals surface area contributed by atoms with Gasteiger partial charge in [0, 0.05) is 20.2 Å². The number of ether oxygens (including phenoxy) is 1. The molecule has 84 valence electrons. The molecule has 2 rings (SSSR count). The van der Waals surface area contributed by atoms with E-state index in [1.54, 1.807) is 7.11 Å². The number of halogens is 1. The molecule has 0 spiro atoms. The van der Waals surface area contributed by atoms with E-state index in [4.69, 9.17) is 16.3 Å². The summed E-state index contributed by atoms with van der Waals surface area (Å²) >= 11 is 7.17. The average molecular weight is 248 g/mol. The molecule has 0 bridgehead atoms. The lowest BCUT2D eigenvalue weighted by atomic mass is 10.1. The quantitative estimate of drug-likeness (QED) is 0.817. The minimum atomic E-state index is -0.00547. The first-order valence-corrected chi connectivity index (χ1v) is 6.06. The average Bonchev–Trinajstić information content (AvgIpc) is 2.76. The molecule has 1 aromatic rings. The molecule has 0 radical (unpaired) electrons. The number of nitrogens with zero attached hydrogens (tertiary/aromatic N) is 3. The monoisotopic (exact) mass is 247 g/mol. The maximum Gasteiger partial charge on any atom is 0.207 e. The van der Waals surface area contributed by atoms with E-state index in [1.807, 2.05) is 0 Å². The van der Waals surface area contributed by atoms with E-state index in [0.29, 0.717) is 4.47 Å². The van der Waals surface area contributed by atoms with Crippen LogP contribution in [-0.4, -0.2) is 40.9 Å². The van der Waals surface area contributed by atoms with Crippen molar-refractivity contribution in [1.29, 1.82) is 0 Å². The fourth-order valence-electron chi connectivity index (χ4n) is 1.82. The Morgan fingerprint density at radius 3 is 2.93 bits per heavy atom. The van der Waals surface area contributed by atoms with Gasteiger partial charge in [0.05, 0.1) is 12.1 Å². The SMILES string of the molecule is COC1(C)CCN(Cc2nnc(Cl)s2)C1. The van der Waals surface area contributed by atoms with Gasteiger partial charge in [0.15, 0.2) is 0 Å². The van der Waals surface area contributed by atoms with Gasteiger partial charge in [0.1, 0.15) is 5.01 Å². The van der Waals surface area contributed by atoms with E-state index in [0.717, 1.165) is 31.1 Å². The van der Waals surface area contributed by atoms with Crippen LogP contribution in [-0.2, 0) is 11.3 Å². The third kappa shape index (κ3) is 2.66. The zero-order valence-electron chi connectivity index (χ0n) is 8.86. The lowest BCUT2D eigenvalue weighted by Crippen LogP contribution is -2.31. The normalized spacial score (nSPS) is 27.4. The summed E-state index contributed by atoms with van der Waals surface area (Å²) in [4.78, 5) is 2.32. The molecule has 1 saturated heterocycles. The molecular weight excluding hydrogens is 234 g/mol. The van der Waals surface area contributed by atoms with E-state index in [9.17, 15) is 0 Å². The van der Waals surface area contributed by atoms with Crippen LogP contribution in [0.3, 0.4) is 0 Å². The Hall–Kier alpha value is -0.230. The number of likely N-dealkylation sites (tertiary alicyclic amines) is 1. The summed E-state index contributed by atoms with van der Waals surface area (Å²) in [7, 11) is 1.77. The molecule has 0 saturated carbocycles. The largest absolute Gasteiger partial charge is 0.377 e. The van der Waals surface area contributed by atoms with Gasteiger partial charge in [-0.05, 0) is 24.9 Å². The van der Waals surface area contributed by atoms with Crippen LogP contribution in [0.1, 0.15) is 18.4 Å². The lowest BCUT2D eigenvalue weighted by molar-refractivity contribution is 0.0143. The topological polar surface area (TPSA) is 38.2 Å². The highest BCUT2D eigenvalue weighted by molar-refractivity contribution is 7.15. The van der Waals surface area contributed by atoms with Crippen LogP contribution in [0.15, 0.2) is 0 Å². The van der Waals surface area contributed by atoms with Crippen LogP contribution in [0, 0.1) is 0 Å². The van der Waals surface area contributed by atoms with Gasteiger partial charge < -0.3 is 4.74 Å². The van der Waals surface area contributed by atoms with Crippen molar-refractivity contribution >= 4 is 22.9 Å². The van der Waals surface area contributed by atoms with E-state index in [2.05, 4.69) is 22.0 Å². The van der Waals surface area contributed by atoms with Crippen molar-refractivity contribution in [2.75, 3.05) is 20.2 Å². The first kappa shape index (κ1) is 11.3. The first-order chi connectivity index (χ1) is 7.11. The number of aromatic nitrogens is 2. The number of hydrogen-bond acceptors (Lipinski definition) is 5. The Labute approximate surface area is 98.2 Å². The van der Waals surface area contributed by atoms with Gasteiger partial charge in [-0.15, -0.1) is 10.2 Å². The minimum Gasteiger partial charge on any atom is -0.377 e. The standard InChI is InChI=1S/C9H14ClN3OS/c1-9(14-2)3-4-13(6-9)5-7-11-12-8(10)15-7/h3-6H2,1-2H3. The highest BCUT2D eigenvalue weighted by Gasteiger charge is 2.33. The van der Waals surface area contributed by atoms with Crippen molar-refractivity contribution in [1.82, 2.24) is 15.1 Å². The molecule has 1 aliphatic heterocycles. The molecule has 1 aromatic heterocycles. The highest BCUT2D eigenvalue weighted by Crippen LogP contribution is 2.26. The van der Waals surface area contributed by atoms with Crippen LogP contribution < -0.4 is 0 Å². The number of methoxy groups -OCH3 is 1. The van der Waals surface area contributed by atoms with Crippen LogP contribution in [0.2, 0.25) is 4.47 Å². The molecule has 2 heterocycles. The predicted octanol–water partition coefficient (Wildman–Crippen LogP) is 1.80. The molecule has 1 unspecified atom stereocenters. The predicted molar refractivity (Wildman–Crippen MR) is 60.2 cm³/mol. The Kier molecular flexibility index (Phi) is 3.25. The van der Waals surface area contributed by atoms with Crippen molar-refractivity contribution in [2.24, 2.45) is 0 Å². The minimum absolute atomic E-state index is 0.00547. The van der Waals surface area contributed by atoms with Crippen LogP contribution in [0.25, 0.3) is 0 Å². The lowest BCUT2D eigenvalue weighted by Gasteiger charge is -2.22. The molecule has 1 fully saturated rings. The zero-order valence-corrected chi connectivity index (χ0v) is 10.4.